The molecule has 5 heteroatoms. The number of methoxy groups -OCH3 is 1. The summed E-state index contributed by atoms with van der Waals surface area (Å²) in [5.41, 5.74) is 7.03. The molecule has 0 fully saturated rings. The minimum Gasteiger partial charge on any atom is -0.496 e. The van der Waals surface area contributed by atoms with Crippen LogP contribution in [0.4, 0.5) is 0 Å². The topological polar surface area (TPSA) is 55.6 Å². The molecule has 2 unspecified atom stereocenters. The molecule has 1 heterocycles. The molecule has 0 saturated carbocycles. The van der Waals surface area contributed by atoms with Crippen LogP contribution >= 0.6 is 11.3 Å². The van der Waals surface area contributed by atoms with Crippen LogP contribution in [0, 0.1) is 0 Å². The number of nitrogens with zero attached hydrogens (tertiary/aromatic N) is 1. The first-order valence-corrected chi connectivity index (χ1v) is 7.62. The molecular weight excluding hydrogens is 284 g/mol. The minimum atomic E-state index is -0.618. The number of likely N-dealkylation sites (N-methyl/N-ethyl adjacent to an activating group) is 1. The highest BCUT2D eigenvalue weighted by Gasteiger charge is 2.26. The summed E-state index contributed by atoms with van der Waals surface area (Å²) in [6, 6.07) is 10.8. The van der Waals surface area contributed by atoms with Crippen LogP contribution in [0.3, 0.4) is 0 Å². The lowest BCUT2D eigenvalue weighted by atomic mass is 10.0. The lowest BCUT2D eigenvalue weighted by Gasteiger charge is -2.28. The number of hydrogen-bond acceptors (Lipinski definition) is 4. The number of para-hydroxylation sites is 1. The summed E-state index contributed by atoms with van der Waals surface area (Å²) in [7, 11) is 3.40. The molecule has 0 aliphatic carbocycles. The van der Waals surface area contributed by atoms with E-state index in [2.05, 4.69) is 0 Å². The van der Waals surface area contributed by atoms with E-state index >= 15 is 0 Å². The number of rotatable bonds is 5. The lowest BCUT2D eigenvalue weighted by molar-refractivity contribution is -0.133. The molecule has 21 heavy (non-hydrogen) atoms. The molecule has 112 valence electrons. The zero-order chi connectivity index (χ0) is 15.4. The summed E-state index contributed by atoms with van der Waals surface area (Å²) >= 11 is 1.49. The van der Waals surface area contributed by atoms with Crippen LogP contribution in [-0.2, 0) is 4.79 Å². The average molecular weight is 304 g/mol. The van der Waals surface area contributed by atoms with E-state index in [4.69, 9.17) is 10.5 Å². The van der Waals surface area contributed by atoms with Gasteiger partial charge in [0, 0.05) is 17.5 Å². The Bertz CT molecular complexity index is 598. The lowest BCUT2D eigenvalue weighted by Crippen LogP contribution is -2.37. The molecule has 4 nitrogen and oxygen atoms in total. The van der Waals surface area contributed by atoms with Crippen LogP contribution in [0.5, 0.6) is 5.75 Å². The van der Waals surface area contributed by atoms with Crippen LogP contribution in [0.15, 0.2) is 41.8 Å². The molecule has 1 amide bonds. The van der Waals surface area contributed by atoms with Crippen molar-refractivity contribution in [3.8, 4) is 5.75 Å². The molecule has 0 radical (unpaired) electrons. The third-order valence-corrected chi connectivity index (χ3v) is 4.59. The van der Waals surface area contributed by atoms with Crippen LogP contribution in [0.1, 0.15) is 29.4 Å². The summed E-state index contributed by atoms with van der Waals surface area (Å²) in [5, 5.41) is 1.92. The molecule has 0 aliphatic heterocycles. The predicted octanol–water partition coefficient (Wildman–Crippen LogP) is 2.98. The molecule has 2 atom stereocenters. The number of carbonyl (C=O) groups is 1. The van der Waals surface area contributed by atoms with Gasteiger partial charge in [0.2, 0.25) is 5.91 Å². The van der Waals surface area contributed by atoms with E-state index in [0.717, 1.165) is 16.2 Å². The standard InChI is InChI=1S/C16H20N2O2S/c1-11(12-7-4-5-8-13(12)20-3)18(2)16(19)15(17)14-9-6-10-21-14/h4-11,15H,17H2,1-3H3. The summed E-state index contributed by atoms with van der Waals surface area (Å²) in [6.07, 6.45) is 0. The van der Waals surface area contributed by atoms with Gasteiger partial charge in [-0.1, -0.05) is 24.3 Å². The second-order valence-corrected chi connectivity index (χ2v) is 5.84. The van der Waals surface area contributed by atoms with Gasteiger partial charge < -0.3 is 15.4 Å². The van der Waals surface area contributed by atoms with Gasteiger partial charge in [0.05, 0.1) is 13.2 Å². The van der Waals surface area contributed by atoms with Crippen molar-refractivity contribution >= 4 is 17.2 Å². The number of thiophene rings is 1. The Labute approximate surface area is 129 Å². The van der Waals surface area contributed by atoms with E-state index in [1.807, 2.05) is 48.7 Å². The van der Waals surface area contributed by atoms with Crippen LogP contribution in [0.25, 0.3) is 0 Å². The Balaban J connectivity index is 2.18. The Morgan fingerprint density at radius 3 is 2.62 bits per heavy atom. The summed E-state index contributed by atoms with van der Waals surface area (Å²) < 4.78 is 5.36. The van der Waals surface area contributed by atoms with Gasteiger partial charge in [-0.15, -0.1) is 11.3 Å². The van der Waals surface area contributed by atoms with E-state index in [-0.39, 0.29) is 11.9 Å². The smallest absolute Gasteiger partial charge is 0.245 e. The van der Waals surface area contributed by atoms with Gasteiger partial charge in [0.1, 0.15) is 11.8 Å². The first kappa shape index (κ1) is 15.5. The predicted molar refractivity (Wildman–Crippen MR) is 85.4 cm³/mol. The van der Waals surface area contributed by atoms with Crippen molar-refractivity contribution in [2.75, 3.05) is 14.2 Å². The number of carbonyl (C=O) groups excluding carboxylic acids is 1. The van der Waals surface area contributed by atoms with Crippen molar-refractivity contribution in [1.29, 1.82) is 0 Å². The Morgan fingerprint density at radius 2 is 2.00 bits per heavy atom. The van der Waals surface area contributed by atoms with E-state index < -0.39 is 6.04 Å². The van der Waals surface area contributed by atoms with Crippen molar-refractivity contribution < 1.29 is 9.53 Å². The Hall–Kier alpha value is -1.85. The SMILES string of the molecule is COc1ccccc1C(C)N(C)C(=O)C(N)c1cccs1. The maximum Gasteiger partial charge on any atom is 0.245 e. The van der Waals surface area contributed by atoms with Gasteiger partial charge in [0.15, 0.2) is 0 Å². The molecule has 0 aliphatic rings. The van der Waals surface area contributed by atoms with E-state index in [1.165, 1.54) is 11.3 Å². The first-order valence-electron chi connectivity index (χ1n) is 6.74. The number of amides is 1. The highest BCUT2D eigenvalue weighted by atomic mass is 32.1. The Kier molecular flexibility index (Phi) is 4.98. The van der Waals surface area contributed by atoms with Gasteiger partial charge in [-0.3, -0.25) is 4.79 Å². The van der Waals surface area contributed by atoms with Crippen molar-refractivity contribution in [2.24, 2.45) is 5.73 Å². The van der Waals surface area contributed by atoms with Crippen molar-refractivity contribution in [1.82, 2.24) is 4.90 Å². The van der Waals surface area contributed by atoms with Crippen LogP contribution < -0.4 is 10.5 Å². The molecule has 0 saturated heterocycles. The van der Waals surface area contributed by atoms with Gasteiger partial charge in [-0.25, -0.2) is 0 Å². The maximum absolute atomic E-state index is 12.5. The molecule has 2 N–H and O–H groups in total. The first-order chi connectivity index (χ1) is 10.1. The maximum atomic E-state index is 12.5. The summed E-state index contributed by atoms with van der Waals surface area (Å²) in [6.45, 7) is 1.97. The molecule has 0 spiro atoms. The molecule has 2 aromatic rings. The molecule has 1 aromatic carbocycles. The zero-order valence-corrected chi connectivity index (χ0v) is 13.3. The summed E-state index contributed by atoms with van der Waals surface area (Å²) in [5.74, 6) is 0.671. The second kappa shape index (κ2) is 6.74. The van der Waals surface area contributed by atoms with E-state index in [0.29, 0.717) is 0 Å². The third-order valence-electron chi connectivity index (χ3n) is 3.63. The molecule has 0 bridgehead atoms. The normalized spacial score (nSPS) is 13.5. The van der Waals surface area contributed by atoms with Gasteiger partial charge in [-0.05, 0) is 24.4 Å². The highest BCUT2D eigenvalue weighted by Crippen LogP contribution is 2.30. The number of nitrogens with two attached hydrogens (primary N) is 1. The van der Waals surface area contributed by atoms with Gasteiger partial charge >= 0.3 is 0 Å². The van der Waals surface area contributed by atoms with Gasteiger partial charge in [-0.2, -0.15) is 0 Å². The molecule has 2 rings (SSSR count). The van der Waals surface area contributed by atoms with Crippen LogP contribution in [-0.4, -0.2) is 25.0 Å². The Morgan fingerprint density at radius 1 is 1.29 bits per heavy atom. The fraction of sp³-hybridized carbons (Fsp3) is 0.312. The second-order valence-electron chi connectivity index (χ2n) is 4.86. The zero-order valence-electron chi connectivity index (χ0n) is 12.4. The van der Waals surface area contributed by atoms with Gasteiger partial charge in [0.25, 0.3) is 0 Å². The highest BCUT2D eigenvalue weighted by molar-refractivity contribution is 7.10. The largest absolute Gasteiger partial charge is 0.496 e. The summed E-state index contributed by atoms with van der Waals surface area (Å²) in [4.78, 5) is 15.1. The monoisotopic (exact) mass is 304 g/mol. The fourth-order valence-electron chi connectivity index (χ4n) is 2.22. The van der Waals surface area contributed by atoms with Crippen molar-refractivity contribution in [3.63, 3.8) is 0 Å². The van der Waals surface area contributed by atoms with E-state index in [1.54, 1.807) is 19.1 Å². The number of ether oxygens (including phenoxy) is 1. The van der Waals surface area contributed by atoms with Crippen molar-refractivity contribution in [3.05, 3.63) is 52.2 Å². The number of hydrogen-bond donors (Lipinski definition) is 1. The fourth-order valence-corrected chi connectivity index (χ4v) is 2.94. The molecule has 1 aromatic heterocycles. The number of benzene rings is 1. The van der Waals surface area contributed by atoms with Crippen molar-refractivity contribution in [2.45, 2.75) is 19.0 Å². The minimum absolute atomic E-state index is 0.101. The van der Waals surface area contributed by atoms with E-state index in [9.17, 15) is 4.79 Å². The average Bonchev–Trinajstić information content (AvgIpc) is 3.06. The molecular formula is C16H20N2O2S. The third kappa shape index (κ3) is 3.25. The van der Waals surface area contributed by atoms with Crippen LogP contribution in [0.2, 0.25) is 0 Å². The quantitative estimate of drug-likeness (QED) is 0.924.